The molecule has 13 aromatic carbocycles. The number of hydrogen-bond acceptors (Lipinski definition) is 6. The Hall–Kier alpha value is -12.4. The third-order valence-corrected chi connectivity index (χ3v) is 21.4. The van der Waals surface area contributed by atoms with E-state index in [1.807, 2.05) is 12.1 Å². The second-order valence-corrected chi connectivity index (χ2v) is 26.1. The molecule has 5 aliphatic carbocycles. The van der Waals surface area contributed by atoms with Crippen LogP contribution in [-0.2, 0) is 10.8 Å². The van der Waals surface area contributed by atoms with E-state index < -0.39 is 10.8 Å². The van der Waals surface area contributed by atoms with Gasteiger partial charge in [-0.1, -0.05) is 243 Å². The first-order chi connectivity index (χ1) is 47.6. The van der Waals surface area contributed by atoms with Crippen molar-refractivity contribution in [2.45, 2.75) is 22.7 Å². The van der Waals surface area contributed by atoms with E-state index in [1.165, 1.54) is 77.9 Å². The summed E-state index contributed by atoms with van der Waals surface area (Å²) in [5.41, 5.74) is 30.3. The van der Waals surface area contributed by atoms with Crippen molar-refractivity contribution in [2.75, 3.05) is 0 Å². The van der Waals surface area contributed by atoms with Crippen LogP contribution in [0.5, 0.6) is 23.0 Å². The highest BCUT2D eigenvalue weighted by Crippen LogP contribution is 2.65. The number of aromatic nitrogens is 4. The Morgan fingerprint density at radius 2 is 0.500 bits per heavy atom. The summed E-state index contributed by atoms with van der Waals surface area (Å²) in [6, 6.07) is 114. The lowest BCUT2D eigenvalue weighted by Crippen LogP contribution is -2.32. The highest BCUT2D eigenvalue weighted by molar-refractivity contribution is 5.92. The van der Waals surface area contributed by atoms with E-state index in [0.717, 1.165) is 101 Å². The number of hydrogen-bond donors (Lipinski definition) is 0. The fourth-order valence-electron chi connectivity index (χ4n) is 17.5. The van der Waals surface area contributed by atoms with Crippen molar-refractivity contribution >= 4 is 0 Å². The maximum absolute atomic E-state index is 6.88. The normalized spacial score (nSPS) is 15.6. The van der Waals surface area contributed by atoms with Crippen LogP contribution in [0.1, 0.15) is 89.7 Å². The van der Waals surface area contributed by atoms with Gasteiger partial charge in [-0.2, -0.15) is 0 Å². The van der Waals surface area contributed by atoms with Crippen LogP contribution in [0.15, 0.2) is 315 Å². The molecule has 22 rings (SSSR count). The van der Waals surface area contributed by atoms with Crippen molar-refractivity contribution in [1.82, 2.24) is 19.9 Å². The molecule has 0 radical (unpaired) electrons. The first kappa shape index (κ1) is 53.2. The SMILES string of the molecule is c1ccc(-c2nc(-c3ccc4c(c3)C3c5ccccc5C4c4cc(-c5cc(-c6ccc7c(c6)C6(c8ccccc8O7)c7ccccc7-c7ccccc76)nc(-c6ccccc6)n5)ccc43)cc(-c3ccc4c(c3)C3(c5ccccc5O4)c4ccccc4-c4ccccc43)n2)cc1. The summed E-state index contributed by atoms with van der Waals surface area (Å²) in [6.07, 6.45) is 0. The van der Waals surface area contributed by atoms with Gasteiger partial charge in [0.15, 0.2) is 11.6 Å². The van der Waals surface area contributed by atoms with Crippen molar-refractivity contribution in [2.24, 2.45) is 0 Å². The molecule has 0 N–H and O–H groups in total. The lowest BCUT2D eigenvalue weighted by molar-refractivity contribution is 0.436. The van der Waals surface area contributed by atoms with Crippen LogP contribution in [0.4, 0.5) is 0 Å². The van der Waals surface area contributed by atoms with Gasteiger partial charge >= 0.3 is 0 Å². The number of ether oxygens (including phenoxy) is 2. The Balaban J connectivity index is 0.692. The van der Waals surface area contributed by atoms with Crippen LogP contribution in [0.25, 0.3) is 90.1 Å². The molecule has 4 heterocycles. The lowest BCUT2D eigenvalue weighted by Gasteiger charge is -2.42. The predicted octanol–water partition coefficient (Wildman–Crippen LogP) is 21.2. The van der Waals surface area contributed by atoms with Gasteiger partial charge < -0.3 is 9.47 Å². The summed E-state index contributed by atoms with van der Waals surface area (Å²) in [4.78, 5) is 21.8. The molecule has 6 nitrogen and oxygen atoms in total. The largest absolute Gasteiger partial charge is 0.457 e. The van der Waals surface area contributed by atoms with Gasteiger partial charge in [0, 0.05) is 67.5 Å². The third-order valence-electron chi connectivity index (χ3n) is 21.4. The molecule has 0 fully saturated rings. The Morgan fingerprint density at radius 3 is 0.885 bits per heavy atom. The predicted molar refractivity (Wildman–Crippen MR) is 380 cm³/mol. The van der Waals surface area contributed by atoms with Gasteiger partial charge in [0.2, 0.25) is 0 Å². The van der Waals surface area contributed by atoms with Gasteiger partial charge in [-0.3, -0.25) is 0 Å². The molecule has 2 bridgehead atoms. The van der Waals surface area contributed by atoms with Crippen LogP contribution < -0.4 is 9.47 Å². The van der Waals surface area contributed by atoms with E-state index in [9.17, 15) is 0 Å². The quantitative estimate of drug-likeness (QED) is 0.165. The van der Waals surface area contributed by atoms with Gasteiger partial charge in [-0.25, -0.2) is 19.9 Å². The van der Waals surface area contributed by atoms with Gasteiger partial charge in [0.25, 0.3) is 0 Å². The third kappa shape index (κ3) is 7.35. The highest BCUT2D eigenvalue weighted by atomic mass is 16.5. The maximum Gasteiger partial charge on any atom is 0.160 e. The van der Waals surface area contributed by atoms with Crippen molar-refractivity contribution < 1.29 is 9.47 Å². The van der Waals surface area contributed by atoms with Gasteiger partial charge in [0.1, 0.15) is 23.0 Å². The number of fused-ring (bicyclic) bond motifs is 18. The van der Waals surface area contributed by atoms with Crippen molar-refractivity contribution in [3.63, 3.8) is 0 Å². The minimum absolute atomic E-state index is 0.0150. The van der Waals surface area contributed by atoms with Gasteiger partial charge in [-0.15, -0.1) is 0 Å². The lowest BCUT2D eigenvalue weighted by atomic mass is 9.60. The molecule has 0 saturated carbocycles. The summed E-state index contributed by atoms with van der Waals surface area (Å²) in [6.45, 7) is 0. The summed E-state index contributed by atoms with van der Waals surface area (Å²) < 4.78 is 13.8. The Labute approximate surface area is 555 Å². The zero-order valence-corrected chi connectivity index (χ0v) is 51.8. The van der Waals surface area contributed by atoms with Crippen molar-refractivity contribution in [1.29, 1.82) is 0 Å². The summed E-state index contributed by atoms with van der Waals surface area (Å²) in [7, 11) is 0. The average molecular weight is 1220 g/mol. The first-order valence-electron chi connectivity index (χ1n) is 33.1. The van der Waals surface area contributed by atoms with Crippen LogP contribution in [-0.4, -0.2) is 19.9 Å². The van der Waals surface area contributed by atoms with E-state index in [0.29, 0.717) is 11.6 Å². The van der Waals surface area contributed by atoms with E-state index in [2.05, 4.69) is 303 Å². The monoisotopic (exact) mass is 1220 g/mol. The molecular formula is C90H54N4O2. The molecule has 6 heteroatoms. The van der Waals surface area contributed by atoms with Crippen LogP contribution in [0, 0.1) is 0 Å². The van der Waals surface area contributed by atoms with E-state index in [1.54, 1.807) is 0 Å². The topological polar surface area (TPSA) is 70.0 Å². The zero-order chi connectivity index (χ0) is 62.8. The standard InChI is InChI=1S/C90H54N4O2/c1-3-21-53(22-4-1)87-91-77(51-79(93-87)57-41-45-83-75(49-57)89(73-35-17-19-37-81(73)95-83)69-31-13-9-25-59(69)60-26-10-14-32-70(60)89)55-39-43-65-67(47-55)85-63-29-7-8-30-64(63)86(65)68-48-56(40-44-66(68)85)78-52-80(94-88(92-78)54-23-5-2-6-24-54)58-42-46-84-76(50-58)90(74-36-18-20-38-82(74)96-84)71-33-15-11-27-61(71)62-28-12-16-34-72(62)90/h1-52,85-86H. The van der Waals surface area contributed by atoms with E-state index in [-0.39, 0.29) is 11.8 Å². The fourth-order valence-corrected chi connectivity index (χ4v) is 17.5. The van der Waals surface area contributed by atoms with Crippen molar-refractivity contribution in [3.8, 4) is 113 Å². The van der Waals surface area contributed by atoms with Crippen molar-refractivity contribution in [3.05, 3.63) is 393 Å². The van der Waals surface area contributed by atoms with Crippen LogP contribution in [0.3, 0.4) is 0 Å². The van der Waals surface area contributed by atoms with E-state index >= 15 is 0 Å². The van der Waals surface area contributed by atoms with Gasteiger partial charge in [-0.05, 0) is 151 Å². The molecular weight excluding hydrogens is 1170 g/mol. The molecule has 2 aromatic heterocycles. The molecule has 446 valence electrons. The second kappa shape index (κ2) is 20.1. The number of nitrogens with zero attached hydrogens (tertiary/aromatic N) is 4. The van der Waals surface area contributed by atoms with Crippen LogP contribution in [0.2, 0.25) is 0 Å². The molecule has 7 aliphatic rings. The Bertz CT molecular complexity index is 5390. The molecule has 96 heavy (non-hydrogen) atoms. The van der Waals surface area contributed by atoms with E-state index in [4.69, 9.17) is 29.4 Å². The molecule has 0 amide bonds. The second-order valence-electron chi connectivity index (χ2n) is 26.1. The zero-order valence-electron chi connectivity index (χ0n) is 51.8. The Kier molecular flexibility index (Phi) is 11.1. The summed E-state index contributed by atoms with van der Waals surface area (Å²) in [5, 5.41) is 0. The number of rotatable bonds is 6. The molecule has 2 aliphatic heterocycles. The summed E-state index contributed by atoms with van der Waals surface area (Å²) in [5.74, 6) is 4.71. The number of para-hydroxylation sites is 2. The highest BCUT2D eigenvalue weighted by Gasteiger charge is 2.53. The minimum atomic E-state index is -0.617. The fraction of sp³-hybridized carbons (Fsp3) is 0.0444. The van der Waals surface area contributed by atoms with Gasteiger partial charge in [0.05, 0.1) is 33.6 Å². The average Bonchev–Trinajstić information content (AvgIpc) is 1.45. The molecule has 0 saturated heterocycles. The van der Waals surface area contributed by atoms with Crippen LogP contribution >= 0.6 is 0 Å². The Morgan fingerprint density at radius 1 is 0.208 bits per heavy atom. The first-order valence-corrected chi connectivity index (χ1v) is 33.1. The smallest absolute Gasteiger partial charge is 0.160 e. The number of benzene rings is 13. The molecule has 15 aromatic rings. The molecule has 2 atom stereocenters. The molecule has 2 unspecified atom stereocenters. The summed E-state index contributed by atoms with van der Waals surface area (Å²) >= 11 is 0. The minimum Gasteiger partial charge on any atom is -0.457 e. The maximum atomic E-state index is 6.88. The molecule has 2 spiro atoms.